The summed E-state index contributed by atoms with van der Waals surface area (Å²) in [7, 11) is 0. The van der Waals surface area contributed by atoms with Crippen LogP contribution in [0.3, 0.4) is 0 Å². The molecule has 1 rings (SSSR count). The van der Waals surface area contributed by atoms with E-state index < -0.39 is 17.4 Å². The smallest absolute Gasteiger partial charge is 0.321 e. The zero-order chi connectivity index (χ0) is 20.8. The largest absolute Gasteiger partial charge is 0.480 e. The molecule has 154 valence electrons. The zero-order valence-electron chi connectivity index (χ0n) is 17.1. The van der Waals surface area contributed by atoms with Crippen LogP contribution < -0.4 is 5.32 Å². The first kappa shape index (κ1) is 23.6. The van der Waals surface area contributed by atoms with Crippen molar-refractivity contribution in [3.63, 3.8) is 0 Å². The molecule has 0 bridgehead atoms. The number of carboxylic acid groups (broad SMARTS) is 2. The number of hydrogen-bond acceptors (Lipinski definition) is 3. The van der Waals surface area contributed by atoms with Gasteiger partial charge < -0.3 is 15.5 Å². The van der Waals surface area contributed by atoms with Gasteiger partial charge in [-0.1, -0.05) is 75.6 Å². The van der Waals surface area contributed by atoms with Crippen molar-refractivity contribution in [1.82, 2.24) is 5.32 Å². The van der Waals surface area contributed by atoms with E-state index in [0.717, 1.165) is 18.9 Å². The molecule has 0 heterocycles. The van der Waals surface area contributed by atoms with E-state index >= 15 is 0 Å². The molecule has 0 spiro atoms. The lowest BCUT2D eigenvalue weighted by atomic mass is 9.87. The van der Waals surface area contributed by atoms with Gasteiger partial charge in [-0.15, -0.1) is 0 Å². The molecule has 0 amide bonds. The number of aryl methyl sites for hydroxylation is 1. The van der Waals surface area contributed by atoms with Gasteiger partial charge in [-0.3, -0.25) is 9.59 Å². The summed E-state index contributed by atoms with van der Waals surface area (Å²) >= 11 is 0. The molecular weight excluding hydrogens is 354 g/mol. The molecule has 0 radical (unpaired) electrons. The third-order valence-corrected chi connectivity index (χ3v) is 4.95. The molecule has 0 aliphatic heterocycles. The number of carbonyl (C=O) groups is 2. The molecule has 0 saturated carbocycles. The second-order valence-electron chi connectivity index (χ2n) is 7.46. The van der Waals surface area contributed by atoms with Crippen LogP contribution in [0, 0.1) is 17.4 Å². The first-order valence-corrected chi connectivity index (χ1v) is 10.2. The third-order valence-electron chi connectivity index (χ3n) is 4.95. The number of benzene rings is 1. The van der Waals surface area contributed by atoms with Crippen molar-refractivity contribution in [2.45, 2.75) is 78.2 Å². The van der Waals surface area contributed by atoms with E-state index in [-0.39, 0.29) is 6.42 Å². The van der Waals surface area contributed by atoms with Crippen LogP contribution in [-0.2, 0) is 22.6 Å². The van der Waals surface area contributed by atoms with Gasteiger partial charge in [0.25, 0.3) is 0 Å². The van der Waals surface area contributed by atoms with E-state index in [4.69, 9.17) is 10.2 Å². The van der Waals surface area contributed by atoms with Gasteiger partial charge in [0.2, 0.25) is 0 Å². The quantitative estimate of drug-likeness (QED) is 0.199. The van der Waals surface area contributed by atoms with Crippen molar-refractivity contribution in [2.24, 2.45) is 5.41 Å². The Morgan fingerprint density at radius 2 is 1.46 bits per heavy atom. The van der Waals surface area contributed by atoms with Crippen LogP contribution >= 0.6 is 0 Å². The van der Waals surface area contributed by atoms with Crippen molar-refractivity contribution in [3.05, 3.63) is 35.4 Å². The van der Waals surface area contributed by atoms with Crippen molar-refractivity contribution < 1.29 is 19.8 Å². The van der Waals surface area contributed by atoms with E-state index in [1.165, 1.54) is 50.5 Å². The van der Waals surface area contributed by atoms with Crippen LogP contribution in [0.15, 0.2) is 24.3 Å². The summed E-state index contributed by atoms with van der Waals surface area (Å²) in [5.41, 5.74) is 0.533. The molecule has 1 aromatic carbocycles. The van der Waals surface area contributed by atoms with Crippen LogP contribution in [0.25, 0.3) is 0 Å². The summed E-state index contributed by atoms with van der Waals surface area (Å²) in [4.78, 5) is 22.1. The average molecular weight is 388 g/mol. The van der Waals surface area contributed by atoms with Gasteiger partial charge in [0, 0.05) is 19.0 Å². The van der Waals surface area contributed by atoms with E-state index in [1.807, 2.05) is 0 Å². The molecule has 0 fully saturated rings. The summed E-state index contributed by atoms with van der Waals surface area (Å²) in [6, 6.07) is 11.0. The minimum Gasteiger partial charge on any atom is -0.480 e. The number of nitrogens with one attached hydrogen (secondary N) is 1. The standard InChI is InChI=1S/C23H33NO4/c1-3-4-5-6-7-8-9-11-19-12-14-20(15-13-19)18-24-17-10-16-23(2,21(25)26)22(27)28/h12-15,24H,3-9,11,16,18H2,1-2H3,(H,25,26)(H,27,28). The molecule has 0 aliphatic carbocycles. The Kier molecular flexibility index (Phi) is 10.8. The average Bonchev–Trinajstić information content (AvgIpc) is 2.67. The SMILES string of the molecule is CCCCCCCCCc1ccc(CNC#CCC(C)(C(=O)O)C(=O)O)cc1. The lowest BCUT2D eigenvalue weighted by Crippen LogP contribution is -2.35. The number of rotatable bonds is 13. The number of carboxylic acids is 2. The highest BCUT2D eigenvalue weighted by molar-refractivity contribution is 5.98. The molecule has 28 heavy (non-hydrogen) atoms. The summed E-state index contributed by atoms with van der Waals surface area (Å²) in [5.74, 6) is -0.167. The Morgan fingerprint density at radius 1 is 0.929 bits per heavy atom. The lowest BCUT2D eigenvalue weighted by Gasteiger charge is -2.15. The van der Waals surface area contributed by atoms with E-state index in [0.29, 0.717) is 6.54 Å². The van der Waals surface area contributed by atoms with E-state index in [1.54, 1.807) is 0 Å². The monoisotopic (exact) mass is 387 g/mol. The topological polar surface area (TPSA) is 86.6 Å². The van der Waals surface area contributed by atoms with Gasteiger partial charge in [-0.25, -0.2) is 0 Å². The van der Waals surface area contributed by atoms with Crippen LogP contribution in [0.4, 0.5) is 0 Å². The summed E-state index contributed by atoms with van der Waals surface area (Å²) in [6.07, 6.45) is 10.0. The minimum atomic E-state index is -1.88. The van der Waals surface area contributed by atoms with E-state index in [2.05, 4.69) is 48.5 Å². The molecule has 3 N–H and O–H groups in total. The Hall–Kier alpha value is -2.48. The number of unbranched alkanes of at least 4 members (excludes halogenated alkanes) is 6. The fourth-order valence-corrected chi connectivity index (χ4v) is 2.78. The Morgan fingerprint density at radius 3 is 2.04 bits per heavy atom. The third kappa shape index (κ3) is 8.47. The normalized spacial score (nSPS) is 10.8. The fraction of sp³-hybridized carbons (Fsp3) is 0.565. The second-order valence-corrected chi connectivity index (χ2v) is 7.46. The molecule has 5 nitrogen and oxygen atoms in total. The van der Waals surface area contributed by atoms with Crippen molar-refractivity contribution in [2.75, 3.05) is 0 Å². The summed E-state index contributed by atoms with van der Waals surface area (Å²) < 4.78 is 0. The Balaban J connectivity index is 2.30. The molecule has 0 unspecified atom stereocenters. The highest BCUT2D eigenvalue weighted by atomic mass is 16.4. The van der Waals surface area contributed by atoms with Gasteiger partial charge in [-0.2, -0.15) is 0 Å². The minimum absolute atomic E-state index is 0.248. The maximum atomic E-state index is 11.1. The summed E-state index contributed by atoms with van der Waals surface area (Å²) in [6.45, 7) is 3.93. The van der Waals surface area contributed by atoms with Crippen LogP contribution in [0.1, 0.15) is 76.3 Å². The van der Waals surface area contributed by atoms with Gasteiger partial charge in [0.05, 0.1) is 0 Å². The summed E-state index contributed by atoms with van der Waals surface area (Å²) in [5, 5.41) is 20.9. The van der Waals surface area contributed by atoms with Gasteiger partial charge in [-0.05, 0) is 30.9 Å². The molecule has 0 saturated heterocycles. The highest BCUT2D eigenvalue weighted by Gasteiger charge is 2.40. The Bertz CT molecular complexity index is 656. The second kappa shape index (κ2) is 12.8. The van der Waals surface area contributed by atoms with Crippen molar-refractivity contribution >= 4 is 11.9 Å². The molecule has 1 aromatic rings. The van der Waals surface area contributed by atoms with Crippen LogP contribution in [-0.4, -0.2) is 22.2 Å². The van der Waals surface area contributed by atoms with E-state index in [9.17, 15) is 9.59 Å². The van der Waals surface area contributed by atoms with Gasteiger partial charge >= 0.3 is 11.9 Å². The number of hydrogen-bond donors (Lipinski definition) is 3. The maximum Gasteiger partial charge on any atom is 0.321 e. The first-order chi connectivity index (χ1) is 13.4. The number of aliphatic carboxylic acids is 2. The maximum absolute atomic E-state index is 11.1. The van der Waals surface area contributed by atoms with Crippen LogP contribution in [0.2, 0.25) is 0 Å². The van der Waals surface area contributed by atoms with Crippen molar-refractivity contribution in [3.8, 4) is 12.0 Å². The highest BCUT2D eigenvalue weighted by Crippen LogP contribution is 2.21. The molecule has 5 heteroatoms. The predicted molar refractivity (Wildman–Crippen MR) is 111 cm³/mol. The molecule has 0 aromatic heterocycles. The lowest BCUT2D eigenvalue weighted by molar-refractivity contribution is -0.162. The molecule has 0 atom stereocenters. The molecular formula is C23H33NO4. The van der Waals surface area contributed by atoms with Gasteiger partial charge in [0.15, 0.2) is 5.41 Å². The van der Waals surface area contributed by atoms with Gasteiger partial charge in [0.1, 0.15) is 0 Å². The molecule has 0 aliphatic rings. The Labute approximate surface area is 168 Å². The predicted octanol–water partition coefficient (Wildman–Crippen LogP) is 4.60. The van der Waals surface area contributed by atoms with Crippen molar-refractivity contribution in [1.29, 1.82) is 0 Å². The first-order valence-electron chi connectivity index (χ1n) is 10.2. The fourth-order valence-electron chi connectivity index (χ4n) is 2.78. The van der Waals surface area contributed by atoms with Crippen LogP contribution in [0.5, 0.6) is 0 Å². The zero-order valence-corrected chi connectivity index (χ0v) is 17.1.